The summed E-state index contributed by atoms with van der Waals surface area (Å²) in [4.78, 5) is 23.7. The summed E-state index contributed by atoms with van der Waals surface area (Å²) in [5.41, 5.74) is 0.162. The average molecular weight is 357 g/mol. The Labute approximate surface area is 145 Å². The first-order valence-corrected chi connectivity index (χ1v) is 7.67. The molecule has 0 aliphatic carbocycles. The Morgan fingerprint density at radius 2 is 1.64 bits per heavy atom. The molecule has 25 heavy (non-hydrogen) atoms. The lowest BCUT2D eigenvalue weighted by atomic mass is 9.89. The number of alkyl halides is 3. The van der Waals surface area contributed by atoms with Crippen molar-refractivity contribution in [2.45, 2.75) is 45.5 Å². The molecule has 4 nitrogen and oxygen atoms in total. The molecule has 0 spiro atoms. The van der Waals surface area contributed by atoms with Gasteiger partial charge in [-0.1, -0.05) is 43.8 Å². The maximum Gasteiger partial charge on any atom is 0.471 e. The Kier molecular flexibility index (Phi) is 6.40. The zero-order chi connectivity index (χ0) is 19.4. The molecule has 0 aliphatic rings. The molecule has 0 aliphatic heterocycles. The standard InChI is InChI=1S/C18H22F3NO3/c1-11(13-9-7-6-8-10-13)12(2)14(15(23)25-17(3,4)5)22-16(24)18(19,20)21/h6-10,12,14H,1H2,2-5H3,(H,22,24)/t12-,14+/m1/s1. The lowest BCUT2D eigenvalue weighted by molar-refractivity contribution is -0.177. The number of halogens is 3. The van der Waals surface area contributed by atoms with Crippen LogP contribution in [-0.4, -0.2) is 29.7 Å². The maximum absolute atomic E-state index is 12.6. The van der Waals surface area contributed by atoms with Crippen molar-refractivity contribution < 1.29 is 27.5 Å². The fourth-order valence-corrected chi connectivity index (χ4v) is 2.09. The van der Waals surface area contributed by atoms with Crippen molar-refractivity contribution in [2.24, 2.45) is 5.92 Å². The van der Waals surface area contributed by atoms with Crippen molar-refractivity contribution in [3.05, 3.63) is 42.5 Å². The first-order chi connectivity index (χ1) is 11.3. The number of carbonyl (C=O) groups excluding carboxylic acids is 2. The van der Waals surface area contributed by atoms with E-state index in [9.17, 15) is 22.8 Å². The van der Waals surface area contributed by atoms with Crippen molar-refractivity contribution in [2.75, 3.05) is 0 Å². The van der Waals surface area contributed by atoms with Gasteiger partial charge in [0.2, 0.25) is 0 Å². The fraction of sp³-hybridized carbons (Fsp3) is 0.444. The summed E-state index contributed by atoms with van der Waals surface area (Å²) in [6.07, 6.45) is -5.10. The summed E-state index contributed by atoms with van der Waals surface area (Å²) in [6, 6.07) is 7.18. The third-order valence-electron chi connectivity index (χ3n) is 3.40. The van der Waals surface area contributed by atoms with Crippen molar-refractivity contribution in [1.29, 1.82) is 0 Å². The molecule has 1 amide bonds. The largest absolute Gasteiger partial charge is 0.471 e. The van der Waals surface area contributed by atoms with Crippen LogP contribution in [0, 0.1) is 5.92 Å². The first kappa shape index (κ1) is 20.7. The predicted molar refractivity (Wildman–Crippen MR) is 88.5 cm³/mol. The van der Waals surface area contributed by atoms with Crippen LogP contribution in [0.5, 0.6) is 0 Å². The number of amides is 1. The molecule has 138 valence electrons. The van der Waals surface area contributed by atoms with Gasteiger partial charge in [0, 0.05) is 5.92 Å². The van der Waals surface area contributed by atoms with E-state index in [4.69, 9.17) is 4.74 Å². The van der Waals surface area contributed by atoms with E-state index in [2.05, 4.69) is 6.58 Å². The van der Waals surface area contributed by atoms with Gasteiger partial charge in [-0.3, -0.25) is 4.79 Å². The molecule has 1 rings (SSSR count). The number of hydrogen-bond acceptors (Lipinski definition) is 3. The molecule has 1 aromatic rings. The summed E-state index contributed by atoms with van der Waals surface area (Å²) in [6.45, 7) is 10.1. The number of carbonyl (C=O) groups is 2. The summed E-state index contributed by atoms with van der Waals surface area (Å²) in [7, 11) is 0. The van der Waals surface area contributed by atoms with Gasteiger partial charge in [-0.15, -0.1) is 0 Å². The first-order valence-electron chi connectivity index (χ1n) is 7.67. The molecule has 0 aromatic heterocycles. The summed E-state index contributed by atoms with van der Waals surface area (Å²) in [5, 5.41) is 1.73. The molecule has 1 aromatic carbocycles. The average Bonchev–Trinajstić information content (AvgIpc) is 2.49. The van der Waals surface area contributed by atoms with Crippen LogP contribution in [-0.2, 0) is 14.3 Å². The highest BCUT2D eigenvalue weighted by Gasteiger charge is 2.43. The minimum atomic E-state index is -5.10. The second kappa shape index (κ2) is 7.72. The normalized spacial score (nSPS) is 14.4. The van der Waals surface area contributed by atoms with E-state index in [-0.39, 0.29) is 0 Å². The van der Waals surface area contributed by atoms with Crippen LogP contribution >= 0.6 is 0 Å². The van der Waals surface area contributed by atoms with Gasteiger partial charge in [0.1, 0.15) is 11.6 Å². The number of hydrogen-bond donors (Lipinski definition) is 1. The number of ether oxygens (including phenoxy) is 1. The van der Waals surface area contributed by atoms with Crippen LogP contribution in [0.15, 0.2) is 36.9 Å². The van der Waals surface area contributed by atoms with Gasteiger partial charge >= 0.3 is 18.1 Å². The Morgan fingerprint density at radius 3 is 2.08 bits per heavy atom. The Hall–Kier alpha value is -2.31. The van der Waals surface area contributed by atoms with E-state index in [0.29, 0.717) is 11.1 Å². The minimum absolute atomic E-state index is 0.416. The van der Waals surface area contributed by atoms with Gasteiger partial charge in [0.05, 0.1) is 0 Å². The van der Waals surface area contributed by atoms with Gasteiger partial charge in [0.25, 0.3) is 0 Å². The molecular formula is C18H22F3NO3. The molecule has 0 radical (unpaired) electrons. The highest BCUT2D eigenvalue weighted by atomic mass is 19.4. The summed E-state index contributed by atoms with van der Waals surface area (Å²) < 4.78 is 43.0. The highest BCUT2D eigenvalue weighted by molar-refractivity contribution is 5.89. The van der Waals surface area contributed by atoms with Crippen LogP contribution in [0.4, 0.5) is 13.2 Å². The van der Waals surface area contributed by atoms with Gasteiger partial charge in [-0.05, 0) is 31.9 Å². The van der Waals surface area contributed by atoms with E-state index >= 15 is 0 Å². The molecule has 0 fully saturated rings. The topological polar surface area (TPSA) is 55.4 Å². The number of nitrogens with one attached hydrogen (secondary N) is 1. The van der Waals surface area contributed by atoms with Crippen LogP contribution in [0.3, 0.4) is 0 Å². The van der Waals surface area contributed by atoms with Crippen molar-refractivity contribution in [3.63, 3.8) is 0 Å². The second-order valence-electron chi connectivity index (χ2n) is 6.66. The molecule has 0 bridgehead atoms. The van der Waals surface area contributed by atoms with E-state index in [1.165, 1.54) is 6.92 Å². The van der Waals surface area contributed by atoms with E-state index in [1.807, 2.05) is 0 Å². The molecule has 0 saturated carbocycles. The van der Waals surface area contributed by atoms with Crippen molar-refractivity contribution >= 4 is 17.4 Å². The second-order valence-corrected chi connectivity index (χ2v) is 6.66. The molecule has 0 saturated heterocycles. The fourth-order valence-electron chi connectivity index (χ4n) is 2.09. The summed E-state index contributed by atoms with van der Waals surface area (Å²) in [5.74, 6) is -3.95. The SMILES string of the molecule is C=C(c1ccccc1)[C@@H](C)[C@H](NC(=O)C(F)(F)F)C(=O)OC(C)(C)C. The van der Waals surface area contributed by atoms with Crippen LogP contribution < -0.4 is 5.32 Å². The van der Waals surface area contributed by atoms with E-state index in [1.54, 1.807) is 56.4 Å². The van der Waals surface area contributed by atoms with Crippen LogP contribution in [0.1, 0.15) is 33.3 Å². The smallest absolute Gasteiger partial charge is 0.458 e. The number of esters is 1. The lowest BCUT2D eigenvalue weighted by Gasteiger charge is -2.29. The Balaban J connectivity index is 3.10. The quantitative estimate of drug-likeness (QED) is 0.817. The van der Waals surface area contributed by atoms with Gasteiger partial charge < -0.3 is 10.1 Å². The Bertz CT molecular complexity index is 633. The third kappa shape index (κ3) is 6.25. The monoisotopic (exact) mass is 357 g/mol. The predicted octanol–water partition coefficient (Wildman–Crippen LogP) is 3.72. The third-order valence-corrected chi connectivity index (χ3v) is 3.40. The zero-order valence-corrected chi connectivity index (χ0v) is 14.6. The molecule has 0 heterocycles. The number of rotatable bonds is 5. The molecule has 0 unspecified atom stereocenters. The number of benzene rings is 1. The van der Waals surface area contributed by atoms with E-state index in [0.717, 1.165) is 0 Å². The maximum atomic E-state index is 12.6. The zero-order valence-electron chi connectivity index (χ0n) is 14.6. The summed E-state index contributed by atoms with van der Waals surface area (Å²) >= 11 is 0. The van der Waals surface area contributed by atoms with Crippen molar-refractivity contribution in [1.82, 2.24) is 5.32 Å². The van der Waals surface area contributed by atoms with Gasteiger partial charge in [0.15, 0.2) is 0 Å². The van der Waals surface area contributed by atoms with E-state index < -0.39 is 35.6 Å². The van der Waals surface area contributed by atoms with Crippen LogP contribution in [0.25, 0.3) is 5.57 Å². The lowest BCUT2D eigenvalue weighted by Crippen LogP contribution is -2.51. The molecular weight excluding hydrogens is 335 g/mol. The minimum Gasteiger partial charge on any atom is -0.458 e. The van der Waals surface area contributed by atoms with Gasteiger partial charge in [-0.25, -0.2) is 4.79 Å². The van der Waals surface area contributed by atoms with Crippen LogP contribution in [0.2, 0.25) is 0 Å². The van der Waals surface area contributed by atoms with Crippen molar-refractivity contribution in [3.8, 4) is 0 Å². The highest BCUT2D eigenvalue weighted by Crippen LogP contribution is 2.26. The molecule has 1 N–H and O–H groups in total. The van der Waals surface area contributed by atoms with Gasteiger partial charge in [-0.2, -0.15) is 13.2 Å². The molecule has 2 atom stereocenters. The Morgan fingerprint density at radius 1 is 1.12 bits per heavy atom. The molecule has 7 heteroatoms.